The molecule has 0 atom stereocenters. The van der Waals surface area contributed by atoms with Crippen molar-refractivity contribution < 1.29 is 14.7 Å². The summed E-state index contributed by atoms with van der Waals surface area (Å²) in [5.74, 6) is -0.176. The first-order valence-corrected chi connectivity index (χ1v) is 6.80. The quantitative estimate of drug-likeness (QED) is 0.605. The molecule has 0 bridgehead atoms. The molecule has 0 saturated carbocycles. The molecule has 112 valence electrons. The molecule has 0 saturated heterocycles. The summed E-state index contributed by atoms with van der Waals surface area (Å²) in [6, 6.07) is 0. The maximum Gasteiger partial charge on any atom is 0.253 e. The zero-order chi connectivity index (χ0) is 15.1. The number of nitrogens with zero attached hydrogens (tertiary/aromatic N) is 1. The first kappa shape index (κ1) is 16.4. The summed E-state index contributed by atoms with van der Waals surface area (Å²) in [5, 5.41) is 11.7. The Kier molecular flexibility index (Phi) is 6.41. The Labute approximate surface area is 119 Å². The van der Waals surface area contributed by atoms with Crippen molar-refractivity contribution in [3.05, 3.63) is 22.5 Å². The van der Waals surface area contributed by atoms with Crippen LogP contribution in [0.15, 0.2) is 0 Å². The molecule has 0 radical (unpaired) electrons. The number of rotatable bonds is 8. The van der Waals surface area contributed by atoms with Gasteiger partial charge in [0, 0.05) is 25.3 Å². The summed E-state index contributed by atoms with van der Waals surface area (Å²) >= 11 is 0. The number of aldehydes is 1. The zero-order valence-corrected chi connectivity index (χ0v) is 12.3. The van der Waals surface area contributed by atoms with E-state index in [1.807, 2.05) is 11.8 Å². The molecule has 0 aliphatic carbocycles. The SMILES string of the molecule is CCN(CCO)CCNC(=O)c1c(C)[nH]c(C=O)c1C. The van der Waals surface area contributed by atoms with E-state index < -0.39 is 0 Å². The van der Waals surface area contributed by atoms with Gasteiger partial charge in [-0.25, -0.2) is 0 Å². The van der Waals surface area contributed by atoms with Crippen LogP contribution >= 0.6 is 0 Å². The molecule has 1 aromatic rings. The number of aromatic nitrogens is 1. The number of hydrogen-bond donors (Lipinski definition) is 3. The van der Waals surface area contributed by atoms with Gasteiger partial charge in [0.25, 0.3) is 5.91 Å². The molecule has 3 N–H and O–H groups in total. The average Bonchev–Trinajstić information content (AvgIpc) is 2.72. The van der Waals surface area contributed by atoms with Crippen LogP contribution in [0.1, 0.15) is 39.0 Å². The summed E-state index contributed by atoms with van der Waals surface area (Å²) in [4.78, 5) is 27.9. The summed E-state index contributed by atoms with van der Waals surface area (Å²) in [6.45, 7) is 8.27. The normalized spacial score (nSPS) is 10.8. The van der Waals surface area contributed by atoms with Gasteiger partial charge in [-0.2, -0.15) is 0 Å². The molecule has 1 rings (SSSR count). The van der Waals surface area contributed by atoms with Gasteiger partial charge in [0.2, 0.25) is 0 Å². The first-order valence-electron chi connectivity index (χ1n) is 6.80. The minimum Gasteiger partial charge on any atom is -0.395 e. The minimum absolute atomic E-state index is 0.112. The van der Waals surface area contributed by atoms with Gasteiger partial charge < -0.3 is 15.4 Å². The average molecular weight is 281 g/mol. The molecular formula is C14H23N3O3. The molecule has 6 heteroatoms. The Morgan fingerprint density at radius 3 is 2.60 bits per heavy atom. The fourth-order valence-corrected chi connectivity index (χ4v) is 2.22. The Hall–Kier alpha value is -1.66. The van der Waals surface area contributed by atoms with Crippen LogP contribution in [-0.2, 0) is 0 Å². The molecule has 0 aliphatic heterocycles. The second-order valence-electron chi connectivity index (χ2n) is 4.70. The van der Waals surface area contributed by atoms with E-state index in [2.05, 4.69) is 10.3 Å². The van der Waals surface area contributed by atoms with Gasteiger partial charge >= 0.3 is 0 Å². The highest BCUT2D eigenvalue weighted by Crippen LogP contribution is 2.16. The lowest BCUT2D eigenvalue weighted by atomic mass is 10.1. The number of nitrogens with one attached hydrogen (secondary N) is 2. The lowest BCUT2D eigenvalue weighted by Crippen LogP contribution is -2.36. The zero-order valence-electron chi connectivity index (χ0n) is 12.3. The summed E-state index contributed by atoms with van der Waals surface area (Å²) in [7, 11) is 0. The van der Waals surface area contributed by atoms with Crippen molar-refractivity contribution in [3.8, 4) is 0 Å². The number of aliphatic hydroxyl groups excluding tert-OH is 1. The van der Waals surface area contributed by atoms with E-state index >= 15 is 0 Å². The van der Waals surface area contributed by atoms with Gasteiger partial charge in [-0.3, -0.25) is 14.5 Å². The lowest BCUT2D eigenvalue weighted by Gasteiger charge is -2.19. The summed E-state index contributed by atoms with van der Waals surface area (Å²) in [5.41, 5.74) is 2.36. The highest BCUT2D eigenvalue weighted by atomic mass is 16.3. The van der Waals surface area contributed by atoms with Crippen LogP contribution in [0.4, 0.5) is 0 Å². The molecule has 0 aliphatic rings. The van der Waals surface area contributed by atoms with Crippen molar-refractivity contribution >= 4 is 12.2 Å². The van der Waals surface area contributed by atoms with Gasteiger partial charge in [0.05, 0.1) is 17.9 Å². The largest absolute Gasteiger partial charge is 0.395 e. The summed E-state index contributed by atoms with van der Waals surface area (Å²) in [6.07, 6.45) is 0.721. The second-order valence-corrected chi connectivity index (χ2v) is 4.70. The fraction of sp³-hybridized carbons (Fsp3) is 0.571. The molecule has 1 amide bonds. The molecule has 1 aromatic heterocycles. The molecule has 0 unspecified atom stereocenters. The van der Waals surface area contributed by atoms with Crippen LogP contribution in [0.3, 0.4) is 0 Å². The Morgan fingerprint density at radius 2 is 2.10 bits per heavy atom. The van der Waals surface area contributed by atoms with Gasteiger partial charge in [0.15, 0.2) is 6.29 Å². The van der Waals surface area contributed by atoms with E-state index in [0.29, 0.717) is 42.1 Å². The predicted octanol–water partition coefficient (Wildman–Crippen LogP) is 0.488. The van der Waals surface area contributed by atoms with Crippen molar-refractivity contribution in [1.82, 2.24) is 15.2 Å². The van der Waals surface area contributed by atoms with E-state index in [1.165, 1.54) is 0 Å². The Bertz CT molecular complexity index is 468. The van der Waals surface area contributed by atoms with E-state index in [-0.39, 0.29) is 12.5 Å². The third-order valence-electron chi connectivity index (χ3n) is 3.40. The third-order valence-corrected chi connectivity index (χ3v) is 3.40. The van der Waals surface area contributed by atoms with Crippen molar-refractivity contribution in [1.29, 1.82) is 0 Å². The molecule has 0 spiro atoms. The maximum absolute atomic E-state index is 12.1. The standard InChI is InChI=1S/C14H23N3O3/c1-4-17(7-8-18)6-5-15-14(20)13-10(2)12(9-19)16-11(13)3/h9,16,18H,4-8H2,1-3H3,(H,15,20). The Morgan fingerprint density at radius 1 is 1.40 bits per heavy atom. The molecule has 0 aromatic carbocycles. The highest BCUT2D eigenvalue weighted by molar-refractivity contribution is 5.99. The number of aliphatic hydroxyl groups is 1. The van der Waals surface area contributed by atoms with Gasteiger partial charge in [-0.1, -0.05) is 6.92 Å². The van der Waals surface area contributed by atoms with Gasteiger partial charge in [-0.15, -0.1) is 0 Å². The van der Waals surface area contributed by atoms with Gasteiger partial charge in [-0.05, 0) is 26.0 Å². The molecule has 1 heterocycles. The van der Waals surface area contributed by atoms with Crippen molar-refractivity contribution in [2.45, 2.75) is 20.8 Å². The smallest absolute Gasteiger partial charge is 0.253 e. The monoisotopic (exact) mass is 281 g/mol. The molecular weight excluding hydrogens is 258 g/mol. The van der Waals surface area contributed by atoms with Crippen LogP contribution < -0.4 is 5.32 Å². The van der Waals surface area contributed by atoms with Crippen LogP contribution in [0.5, 0.6) is 0 Å². The topological polar surface area (TPSA) is 85.4 Å². The van der Waals surface area contributed by atoms with E-state index in [0.717, 1.165) is 12.8 Å². The number of amides is 1. The Balaban J connectivity index is 2.59. The van der Waals surface area contributed by atoms with Crippen LogP contribution in [0.2, 0.25) is 0 Å². The number of aromatic amines is 1. The molecule has 20 heavy (non-hydrogen) atoms. The minimum atomic E-state index is -0.176. The number of H-pyrrole nitrogens is 1. The van der Waals surface area contributed by atoms with E-state index in [4.69, 9.17) is 5.11 Å². The lowest BCUT2D eigenvalue weighted by molar-refractivity contribution is 0.0946. The maximum atomic E-state index is 12.1. The highest BCUT2D eigenvalue weighted by Gasteiger charge is 2.17. The number of hydrogen-bond acceptors (Lipinski definition) is 4. The van der Waals surface area contributed by atoms with Crippen LogP contribution in [-0.4, -0.2) is 60.0 Å². The fourth-order valence-electron chi connectivity index (χ4n) is 2.22. The summed E-state index contributed by atoms with van der Waals surface area (Å²) < 4.78 is 0. The number of aryl methyl sites for hydroxylation is 1. The predicted molar refractivity (Wildman–Crippen MR) is 77.2 cm³/mol. The third kappa shape index (κ3) is 3.91. The van der Waals surface area contributed by atoms with Crippen molar-refractivity contribution in [2.24, 2.45) is 0 Å². The van der Waals surface area contributed by atoms with E-state index in [9.17, 15) is 9.59 Å². The van der Waals surface area contributed by atoms with E-state index in [1.54, 1.807) is 13.8 Å². The molecule has 0 fully saturated rings. The number of likely N-dealkylation sites (N-methyl/N-ethyl adjacent to an activating group) is 1. The van der Waals surface area contributed by atoms with Crippen molar-refractivity contribution in [3.63, 3.8) is 0 Å². The van der Waals surface area contributed by atoms with Gasteiger partial charge in [0.1, 0.15) is 0 Å². The number of carbonyl (C=O) groups excluding carboxylic acids is 2. The van der Waals surface area contributed by atoms with Crippen molar-refractivity contribution in [2.75, 3.05) is 32.8 Å². The second kappa shape index (κ2) is 7.81. The van der Waals surface area contributed by atoms with Crippen LogP contribution in [0.25, 0.3) is 0 Å². The van der Waals surface area contributed by atoms with Crippen LogP contribution in [0, 0.1) is 13.8 Å². The first-order chi connectivity index (χ1) is 9.54. The number of carbonyl (C=O) groups is 2. The molecule has 6 nitrogen and oxygen atoms in total.